The molecule has 0 aliphatic carbocycles. The summed E-state index contributed by atoms with van der Waals surface area (Å²) in [6.07, 6.45) is 3.21. The van der Waals surface area contributed by atoms with Gasteiger partial charge in [0.05, 0.1) is 11.5 Å². The summed E-state index contributed by atoms with van der Waals surface area (Å²) in [6, 6.07) is 10.4. The van der Waals surface area contributed by atoms with Crippen molar-refractivity contribution in [1.29, 1.82) is 0 Å². The van der Waals surface area contributed by atoms with Gasteiger partial charge in [0.15, 0.2) is 9.84 Å². The van der Waals surface area contributed by atoms with E-state index in [1.54, 1.807) is 11.9 Å². The smallest absolute Gasteiger partial charge is 0.222 e. The van der Waals surface area contributed by atoms with Gasteiger partial charge in [0, 0.05) is 26.1 Å². The molecule has 2 saturated heterocycles. The summed E-state index contributed by atoms with van der Waals surface area (Å²) in [6.45, 7) is 3.02. The molecule has 3 rings (SSSR count). The van der Waals surface area contributed by atoms with Crippen molar-refractivity contribution >= 4 is 15.7 Å². The van der Waals surface area contributed by atoms with Crippen LogP contribution in [-0.4, -0.2) is 61.8 Å². The Morgan fingerprint density at radius 1 is 1.16 bits per heavy atom. The van der Waals surface area contributed by atoms with E-state index >= 15 is 0 Å². The number of likely N-dealkylation sites (tertiary alicyclic amines) is 1. The first-order valence-corrected chi connectivity index (χ1v) is 11.0. The Balaban J connectivity index is 1.43. The Morgan fingerprint density at radius 3 is 2.44 bits per heavy atom. The van der Waals surface area contributed by atoms with Crippen molar-refractivity contribution in [2.75, 3.05) is 31.6 Å². The van der Waals surface area contributed by atoms with E-state index in [9.17, 15) is 13.2 Å². The standard InChI is InChI=1S/C19H28N2O3S/c1-20(18-9-12-25(23,24)15-18)19(22)13-16-7-10-21(11-8-16)14-17-5-3-2-4-6-17/h2-6,16,18H,7-15H2,1H3/t18-/m0/s1. The van der Waals surface area contributed by atoms with Crippen LogP contribution < -0.4 is 0 Å². The van der Waals surface area contributed by atoms with Crippen LogP contribution in [-0.2, 0) is 21.2 Å². The van der Waals surface area contributed by atoms with Gasteiger partial charge in [-0.3, -0.25) is 9.69 Å². The predicted molar refractivity (Wildman–Crippen MR) is 98.9 cm³/mol. The van der Waals surface area contributed by atoms with E-state index in [4.69, 9.17) is 0 Å². The van der Waals surface area contributed by atoms with Crippen molar-refractivity contribution in [3.05, 3.63) is 35.9 Å². The number of carbonyl (C=O) groups excluding carboxylic acids is 1. The van der Waals surface area contributed by atoms with Crippen LogP contribution in [0.25, 0.3) is 0 Å². The van der Waals surface area contributed by atoms with Crippen LogP contribution in [0.5, 0.6) is 0 Å². The highest BCUT2D eigenvalue weighted by Gasteiger charge is 2.33. The van der Waals surface area contributed by atoms with Gasteiger partial charge >= 0.3 is 0 Å². The highest BCUT2D eigenvalue weighted by Crippen LogP contribution is 2.24. The van der Waals surface area contributed by atoms with Gasteiger partial charge in [0.1, 0.15) is 0 Å². The van der Waals surface area contributed by atoms with E-state index in [0.29, 0.717) is 18.8 Å². The van der Waals surface area contributed by atoms with E-state index in [1.807, 2.05) is 6.07 Å². The summed E-state index contributed by atoms with van der Waals surface area (Å²) in [5.41, 5.74) is 1.33. The molecular formula is C19H28N2O3S. The fraction of sp³-hybridized carbons (Fsp3) is 0.632. The highest BCUT2D eigenvalue weighted by atomic mass is 32.2. The molecule has 0 unspecified atom stereocenters. The maximum absolute atomic E-state index is 12.5. The molecule has 1 aromatic rings. The third kappa shape index (κ3) is 5.05. The predicted octanol–water partition coefficient (Wildman–Crippen LogP) is 1.93. The second-order valence-electron chi connectivity index (χ2n) is 7.47. The normalized spacial score (nSPS) is 24.3. The van der Waals surface area contributed by atoms with Crippen LogP contribution >= 0.6 is 0 Å². The number of piperidine rings is 1. The van der Waals surface area contributed by atoms with Crippen LogP contribution in [0.15, 0.2) is 30.3 Å². The number of carbonyl (C=O) groups is 1. The molecular weight excluding hydrogens is 336 g/mol. The lowest BCUT2D eigenvalue weighted by Gasteiger charge is -2.33. The molecule has 2 fully saturated rings. The zero-order valence-electron chi connectivity index (χ0n) is 14.9. The zero-order valence-corrected chi connectivity index (χ0v) is 15.7. The van der Waals surface area contributed by atoms with Crippen molar-refractivity contribution in [2.24, 2.45) is 5.92 Å². The summed E-state index contributed by atoms with van der Waals surface area (Å²) >= 11 is 0. The molecule has 1 atom stereocenters. The summed E-state index contributed by atoms with van der Waals surface area (Å²) in [5, 5.41) is 0. The van der Waals surface area contributed by atoms with Crippen molar-refractivity contribution in [1.82, 2.24) is 9.80 Å². The quantitative estimate of drug-likeness (QED) is 0.801. The molecule has 0 spiro atoms. The molecule has 1 amide bonds. The van der Waals surface area contributed by atoms with Gasteiger partial charge in [-0.05, 0) is 43.8 Å². The van der Waals surface area contributed by atoms with Gasteiger partial charge in [-0.25, -0.2) is 8.42 Å². The minimum Gasteiger partial charge on any atom is -0.342 e. The molecule has 0 bridgehead atoms. The largest absolute Gasteiger partial charge is 0.342 e. The number of rotatable bonds is 5. The molecule has 25 heavy (non-hydrogen) atoms. The van der Waals surface area contributed by atoms with E-state index in [0.717, 1.165) is 32.5 Å². The number of hydrogen-bond acceptors (Lipinski definition) is 4. The molecule has 138 valence electrons. The first-order valence-electron chi connectivity index (χ1n) is 9.15. The lowest BCUT2D eigenvalue weighted by atomic mass is 9.92. The SMILES string of the molecule is CN(C(=O)CC1CCN(Cc2ccccc2)CC1)[C@H]1CCS(=O)(=O)C1. The fourth-order valence-electron chi connectivity index (χ4n) is 3.87. The van der Waals surface area contributed by atoms with E-state index in [2.05, 4.69) is 29.2 Å². The maximum Gasteiger partial charge on any atom is 0.222 e. The number of amides is 1. The Hall–Kier alpha value is -1.40. The van der Waals surface area contributed by atoms with Crippen molar-refractivity contribution in [2.45, 2.75) is 38.3 Å². The maximum atomic E-state index is 12.5. The van der Waals surface area contributed by atoms with E-state index in [1.165, 1.54) is 5.56 Å². The summed E-state index contributed by atoms with van der Waals surface area (Å²) in [4.78, 5) is 16.6. The van der Waals surface area contributed by atoms with Crippen LogP contribution in [0.3, 0.4) is 0 Å². The van der Waals surface area contributed by atoms with Crippen molar-refractivity contribution in [3.63, 3.8) is 0 Å². The lowest BCUT2D eigenvalue weighted by Crippen LogP contribution is -2.40. The molecule has 0 aromatic heterocycles. The van der Waals surface area contributed by atoms with Crippen LogP contribution in [0, 0.1) is 5.92 Å². The molecule has 0 radical (unpaired) electrons. The second kappa shape index (κ2) is 7.87. The molecule has 0 N–H and O–H groups in total. The van der Waals surface area contributed by atoms with Gasteiger partial charge < -0.3 is 4.90 Å². The van der Waals surface area contributed by atoms with E-state index in [-0.39, 0.29) is 23.5 Å². The monoisotopic (exact) mass is 364 g/mol. The third-order valence-corrected chi connectivity index (χ3v) is 7.32. The average Bonchev–Trinajstić information content (AvgIpc) is 2.97. The molecule has 1 aromatic carbocycles. The van der Waals surface area contributed by atoms with Gasteiger partial charge in [-0.2, -0.15) is 0 Å². The van der Waals surface area contributed by atoms with Crippen molar-refractivity contribution < 1.29 is 13.2 Å². The topological polar surface area (TPSA) is 57.7 Å². The number of hydrogen-bond donors (Lipinski definition) is 0. The molecule has 5 nitrogen and oxygen atoms in total. The number of benzene rings is 1. The van der Waals surface area contributed by atoms with Crippen LogP contribution in [0.2, 0.25) is 0 Å². The fourth-order valence-corrected chi connectivity index (χ4v) is 5.64. The summed E-state index contributed by atoms with van der Waals surface area (Å²) < 4.78 is 23.2. The van der Waals surface area contributed by atoms with E-state index < -0.39 is 9.84 Å². The van der Waals surface area contributed by atoms with Crippen molar-refractivity contribution in [3.8, 4) is 0 Å². The van der Waals surface area contributed by atoms with Crippen LogP contribution in [0.1, 0.15) is 31.2 Å². The van der Waals surface area contributed by atoms with Gasteiger partial charge in [-0.15, -0.1) is 0 Å². The first-order chi connectivity index (χ1) is 11.9. The number of sulfone groups is 1. The Bertz CT molecular complexity index is 682. The highest BCUT2D eigenvalue weighted by molar-refractivity contribution is 7.91. The molecule has 6 heteroatoms. The molecule has 0 saturated carbocycles. The lowest BCUT2D eigenvalue weighted by molar-refractivity contribution is -0.132. The Morgan fingerprint density at radius 2 is 1.84 bits per heavy atom. The Labute approximate surface area is 150 Å². The molecule has 2 aliphatic rings. The minimum atomic E-state index is -2.94. The van der Waals surface area contributed by atoms with Gasteiger partial charge in [-0.1, -0.05) is 30.3 Å². The summed E-state index contributed by atoms with van der Waals surface area (Å²) in [7, 11) is -1.18. The van der Waals surface area contributed by atoms with Crippen LogP contribution in [0.4, 0.5) is 0 Å². The Kier molecular flexibility index (Phi) is 5.79. The van der Waals surface area contributed by atoms with Gasteiger partial charge in [0.25, 0.3) is 0 Å². The molecule has 2 aliphatic heterocycles. The minimum absolute atomic E-state index is 0.101. The average molecular weight is 365 g/mol. The zero-order chi connectivity index (χ0) is 17.9. The second-order valence-corrected chi connectivity index (χ2v) is 9.70. The molecule has 2 heterocycles. The third-order valence-electron chi connectivity index (χ3n) is 5.57. The first kappa shape index (κ1) is 18.4. The number of nitrogens with zero attached hydrogens (tertiary/aromatic N) is 2. The van der Waals surface area contributed by atoms with Gasteiger partial charge in [0.2, 0.25) is 5.91 Å². The summed E-state index contributed by atoms with van der Waals surface area (Å²) in [5.74, 6) is 0.862.